The zero-order chi connectivity index (χ0) is 15.2. The topological polar surface area (TPSA) is 87.7 Å². The third kappa shape index (κ3) is 4.22. The second-order valence-electron chi connectivity index (χ2n) is 4.41. The van der Waals surface area contributed by atoms with Crippen LogP contribution >= 0.6 is 11.6 Å². The minimum atomic E-state index is -0.131. The number of amides is 1. The predicted molar refractivity (Wildman–Crippen MR) is 82.7 cm³/mol. The fourth-order valence-corrected chi connectivity index (χ4v) is 1.90. The minimum Gasteiger partial charge on any atom is -0.409 e. The van der Waals surface area contributed by atoms with Crippen LogP contribution in [0.1, 0.15) is 11.1 Å². The third-order valence-corrected chi connectivity index (χ3v) is 3.10. The number of nitrogens with two attached hydrogens (primary N) is 1. The van der Waals surface area contributed by atoms with Crippen LogP contribution in [0, 0.1) is 0 Å². The van der Waals surface area contributed by atoms with Crippen molar-refractivity contribution < 1.29 is 10.0 Å². The molecule has 0 spiro atoms. The Morgan fingerprint density at radius 2 is 1.76 bits per heavy atom. The van der Waals surface area contributed by atoms with E-state index in [2.05, 4.69) is 10.5 Å². The first kappa shape index (κ1) is 14.9. The molecule has 6 heteroatoms. The lowest BCUT2D eigenvalue weighted by Gasteiger charge is -2.06. The van der Waals surface area contributed by atoms with E-state index < -0.39 is 0 Å². The molecule has 0 aromatic heterocycles. The van der Waals surface area contributed by atoms with Crippen LogP contribution < -0.4 is 11.1 Å². The third-order valence-electron chi connectivity index (χ3n) is 2.85. The molecule has 0 aliphatic heterocycles. The van der Waals surface area contributed by atoms with Crippen LogP contribution in [0.15, 0.2) is 53.7 Å². The summed E-state index contributed by atoms with van der Waals surface area (Å²) in [6, 6.07) is 13.8. The number of hydrogen-bond acceptors (Lipinski definition) is 3. The van der Waals surface area contributed by atoms with Crippen molar-refractivity contribution in [2.75, 3.05) is 5.32 Å². The van der Waals surface area contributed by atoms with Crippen molar-refractivity contribution in [3.8, 4) is 0 Å². The monoisotopic (exact) mass is 303 g/mol. The van der Waals surface area contributed by atoms with Gasteiger partial charge in [-0.1, -0.05) is 41.0 Å². The van der Waals surface area contributed by atoms with E-state index in [1.165, 1.54) is 0 Å². The molecule has 2 aromatic carbocycles. The molecular weight excluding hydrogens is 290 g/mol. The smallest absolute Gasteiger partial charge is 0.228 e. The molecule has 2 rings (SSSR count). The molecule has 0 fully saturated rings. The van der Waals surface area contributed by atoms with Gasteiger partial charge in [-0.3, -0.25) is 4.79 Å². The Kier molecular flexibility index (Phi) is 4.79. The van der Waals surface area contributed by atoms with Crippen molar-refractivity contribution in [3.63, 3.8) is 0 Å². The Morgan fingerprint density at radius 1 is 1.14 bits per heavy atom. The molecule has 0 atom stereocenters. The molecule has 1 amide bonds. The highest BCUT2D eigenvalue weighted by atomic mass is 35.5. The maximum Gasteiger partial charge on any atom is 0.228 e. The van der Waals surface area contributed by atoms with Gasteiger partial charge in [0.25, 0.3) is 0 Å². The summed E-state index contributed by atoms with van der Waals surface area (Å²) in [5.41, 5.74) is 7.59. The predicted octanol–water partition coefficient (Wildman–Crippen LogP) is 2.62. The lowest BCUT2D eigenvalue weighted by atomic mass is 10.1. The number of nitrogens with one attached hydrogen (secondary N) is 1. The van der Waals surface area contributed by atoms with Gasteiger partial charge in [0.15, 0.2) is 5.84 Å². The van der Waals surface area contributed by atoms with Gasteiger partial charge >= 0.3 is 0 Å². The van der Waals surface area contributed by atoms with E-state index >= 15 is 0 Å². The van der Waals surface area contributed by atoms with Gasteiger partial charge in [-0.05, 0) is 29.8 Å². The summed E-state index contributed by atoms with van der Waals surface area (Å²) in [5, 5.41) is 14.9. The average Bonchev–Trinajstić information content (AvgIpc) is 2.49. The van der Waals surface area contributed by atoms with Gasteiger partial charge in [-0.15, -0.1) is 0 Å². The number of carbonyl (C=O) groups excluding carboxylic acids is 1. The Bertz CT molecular complexity index is 652. The number of benzene rings is 2. The number of nitrogens with zero attached hydrogens (tertiary/aromatic N) is 1. The summed E-state index contributed by atoms with van der Waals surface area (Å²) in [6.45, 7) is 0. The minimum absolute atomic E-state index is 0.0344. The lowest BCUT2D eigenvalue weighted by Crippen LogP contribution is -2.15. The van der Waals surface area contributed by atoms with Crippen molar-refractivity contribution in [2.24, 2.45) is 10.9 Å². The van der Waals surface area contributed by atoms with Gasteiger partial charge in [0, 0.05) is 16.3 Å². The lowest BCUT2D eigenvalue weighted by molar-refractivity contribution is -0.115. The van der Waals surface area contributed by atoms with Crippen LogP contribution in [0.25, 0.3) is 0 Å². The highest BCUT2D eigenvalue weighted by molar-refractivity contribution is 6.30. The van der Waals surface area contributed by atoms with E-state index in [0.717, 1.165) is 5.56 Å². The highest BCUT2D eigenvalue weighted by Gasteiger charge is 2.05. The molecular formula is C15H14ClN3O2. The molecule has 21 heavy (non-hydrogen) atoms. The molecule has 108 valence electrons. The van der Waals surface area contributed by atoms with Crippen LogP contribution in [0.5, 0.6) is 0 Å². The van der Waals surface area contributed by atoms with Crippen LogP contribution in [-0.4, -0.2) is 17.0 Å². The van der Waals surface area contributed by atoms with Gasteiger partial charge in [0.05, 0.1) is 6.42 Å². The molecule has 0 saturated heterocycles. The maximum atomic E-state index is 11.9. The maximum absolute atomic E-state index is 11.9. The van der Waals surface area contributed by atoms with E-state index in [1.807, 2.05) is 0 Å². The Balaban J connectivity index is 1.98. The number of halogens is 1. The van der Waals surface area contributed by atoms with Crippen LogP contribution in [0.4, 0.5) is 5.69 Å². The molecule has 0 radical (unpaired) electrons. The SMILES string of the molecule is NC(=NO)c1ccc(CC(=O)Nc2ccc(Cl)cc2)cc1. The molecule has 0 heterocycles. The zero-order valence-corrected chi connectivity index (χ0v) is 11.8. The summed E-state index contributed by atoms with van der Waals surface area (Å²) in [5.74, 6) is -0.0963. The van der Waals surface area contributed by atoms with Gasteiger partial charge in [0.1, 0.15) is 0 Å². The fourth-order valence-electron chi connectivity index (χ4n) is 1.77. The highest BCUT2D eigenvalue weighted by Crippen LogP contribution is 2.14. The van der Waals surface area contributed by atoms with E-state index in [9.17, 15) is 4.79 Å². The number of anilines is 1. The van der Waals surface area contributed by atoms with Crippen molar-refractivity contribution in [3.05, 3.63) is 64.7 Å². The number of carbonyl (C=O) groups is 1. The Morgan fingerprint density at radius 3 is 2.33 bits per heavy atom. The summed E-state index contributed by atoms with van der Waals surface area (Å²) in [7, 11) is 0. The molecule has 2 aromatic rings. The van der Waals surface area contributed by atoms with E-state index in [4.69, 9.17) is 22.5 Å². The first-order valence-electron chi connectivity index (χ1n) is 6.21. The van der Waals surface area contributed by atoms with Crippen LogP contribution in [-0.2, 0) is 11.2 Å². The molecule has 0 aliphatic carbocycles. The molecule has 0 saturated carbocycles. The number of rotatable bonds is 4. The second kappa shape index (κ2) is 6.76. The summed E-state index contributed by atoms with van der Waals surface area (Å²) in [4.78, 5) is 11.9. The summed E-state index contributed by atoms with van der Waals surface area (Å²) in [6.07, 6.45) is 0.235. The van der Waals surface area contributed by atoms with Gasteiger partial charge in [0.2, 0.25) is 5.91 Å². The van der Waals surface area contributed by atoms with E-state index in [-0.39, 0.29) is 18.2 Å². The van der Waals surface area contributed by atoms with E-state index in [0.29, 0.717) is 16.3 Å². The van der Waals surface area contributed by atoms with Gasteiger partial charge < -0.3 is 16.3 Å². The molecule has 0 bridgehead atoms. The first-order chi connectivity index (χ1) is 10.1. The first-order valence-corrected chi connectivity index (χ1v) is 6.58. The molecule has 4 N–H and O–H groups in total. The largest absolute Gasteiger partial charge is 0.409 e. The number of amidine groups is 1. The summed E-state index contributed by atoms with van der Waals surface area (Å²) < 4.78 is 0. The van der Waals surface area contributed by atoms with Gasteiger partial charge in [-0.2, -0.15) is 0 Å². The molecule has 0 unspecified atom stereocenters. The fraction of sp³-hybridized carbons (Fsp3) is 0.0667. The van der Waals surface area contributed by atoms with Crippen molar-refractivity contribution in [1.29, 1.82) is 0 Å². The average molecular weight is 304 g/mol. The number of oxime groups is 1. The summed E-state index contributed by atoms with van der Waals surface area (Å²) >= 11 is 5.78. The van der Waals surface area contributed by atoms with Crippen molar-refractivity contribution >= 4 is 29.0 Å². The van der Waals surface area contributed by atoms with Crippen LogP contribution in [0.3, 0.4) is 0 Å². The zero-order valence-electron chi connectivity index (χ0n) is 11.1. The quantitative estimate of drug-likeness (QED) is 0.351. The van der Waals surface area contributed by atoms with Gasteiger partial charge in [-0.25, -0.2) is 0 Å². The standard InChI is InChI=1S/C15H14ClN3O2/c16-12-5-7-13(8-6-12)18-14(20)9-10-1-3-11(4-2-10)15(17)19-21/h1-8,21H,9H2,(H2,17,19)(H,18,20). The molecule has 0 aliphatic rings. The second-order valence-corrected chi connectivity index (χ2v) is 4.85. The van der Waals surface area contributed by atoms with Crippen LogP contribution in [0.2, 0.25) is 5.02 Å². The number of hydrogen-bond donors (Lipinski definition) is 3. The van der Waals surface area contributed by atoms with Crippen molar-refractivity contribution in [2.45, 2.75) is 6.42 Å². The Labute approximate surface area is 127 Å². The van der Waals surface area contributed by atoms with Crippen molar-refractivity contribution in [1.82, 2.24) is 0 Å². The molecule has 5 nitrogen and oxygen atoms in total. The Hall–Kier alpha value is -2.53. The van der Waals surface area contributed by atoms with E-state index in [1.54, 1.807) is 48.5 Å². The normalized spacial score (nSPS) is 11.2.